The van der Waals surface area contributed by atoms with Crippen molar-refractivity contribution in [3.05, 3.63) is 34.3 Å². The number of hydrogen-bond donors (Lipinski definition) is 2. The van der Waals surface area contributed by atoms with Gasteiger partial charge in [0.15, 0.2) is 0 Å². The van der Waals surface area contributed by atoms with Gasteiger partial charge >= 0.3 is 5.97 Å². The Balaban J connectivity index is 2.74. The summed E-state index contributed by atoms with van der Waals surface area (Å²) in [5.41, 5.74) is 0.541. The third kappa shape index (κ3) is 3.30. The number of methoxy groups -OCH3 is 1. The highest BCUT2D eigenvalue weighted by Gasteiger charge is 2.23. The minimum atomic E-state index is -1.17. The van der Waals surface area contributed by atoms with Crippen molar-refractivity contribution in [2.45, 2.75) is 18.6 Å². The summed E-state index contributed by atoms with van der Waals surface area (Å²) >= 11 is 3.26. The Morgan fingerprint density at radius 1 is 1.44 bits per heavy atom. The molecule has 4 nitrogen and oxygen atoms in total. The first kappa shape index (κ1) is 13.2. The van der Waals surface area contributed by atoms with E-state index in [2.05, 4.69) is 20.7 Å². The number of ether oxygens (including phenoxy) is 1. The van der Waals surface area contributed by atoms with E-state index >= 15 is 0 Å². The van der Waals surface area contributed by atoms with Crippen LogP contribution in [-0.2, 0) is 9.53 Å². The van der Waals surface area contributed by atoms with E-state index < -0.39 is 18.2 Å². The van der Waals surface area contributed by atoms with Crippen LogP contribution in [0.25, 0.3) is 0 Å². The third-order valence-corrected chi connectivity index (χ3v) is 2.91. The molecule has 0 aliphatic rings. The number of hydrogen-bond acceptors (Lipinski definition) is 4. The monoisotopic (exact) mass is 288 g/mol. The van der Waals surface area contributed by atoms with Gasteiger partial charge in [-0.3, -0.25) is 4.79 Å². The topological polar surface area (TPSA) is 66.8 Å². The first-order chi connectivity index (χ1) is 7.56. The lowest BCUT2D eigenvalue weighted by molar-refractivity contribution is -0.144. The number of rotatable bonds is 4. The molecule has 16 heavy (non-hydrogen) atoms. The largest absolute Gasteiger partial charge is 0.469 e. The van der Waals surface area contributed by atoms with E-state index in [1.54, 1.807) is 24.3 Å². The van der Waals surface area contributed by atoms with Crippen LogP contribution in [0.1, 0.15) is 18.1 Å². The number of aliphatic hydroxyl groups is 2. The molecule has 1 aromatic rings. The molecule has 0 saturated heterocycles. The SMILES string of the molecule is COC(=O)CC(O)C(O)c1ccccc1Br. The molecule has 0 spiro atoms. The second-order valence-electron chi connectivity index (χ2n) is 3.31. The van der Waals surface area contributed by atoms with Crippen LogP contribution < -0.4 is 0 Å². The molecule has 0 aliphatic carbocycles. The predicted octanol–water partition coefficient (Wildman–Crippen LogP) is 1.41. The highest BCUT2D eigenvalue weighted by molar-refractivity contribution is 9.10. The molecule has 0 bridgehead atoms. The average molecular weight is 289 g/mol. The average Bonchev–Trinajstić information content (AvgIpc) is 2.28. The molecule has 0 saturated carbocycles. The second-order valence-corrected chi connectivity index (χ2v) is 4.17. The first-order valence-electron chi connectivity index (χ1n) is 4.73. The van der Waals surface area contributed by atoms with Crippen molar-refractivity contribution in [2.75, 3.05) is 7.11 Å². The second kappa shape index (κ2) is 5.98. The van der Waals surface area contributed by atoms with Crippen molar-refractivity contribution in [2.24, 2.45) is 0 Å². The van der Waals surface area contributed by atoms with Crippen molar-refractivity contribution in [3.8, 4) is 0 Å². The summed E-state index contributed by atoms with van der Waals surface area (Å²) in [5, 5.41) is 19.5. The van der Waals surface area contributed by atoms with E-state index in [9.17, 15) is 15.0 Å². The minimum absolute atomic E-state index is 0.237. The van der Waals surface area contributed by atoms with Gasteiger partial charge in [0.25, 0.3) is 0 Å². The highest BCUT2D eigenvalue weighted by atomic mass is 79.9. The lowest BCUT2D eigenvalue weighted by Gasteiger charge is -2.18. The Hall–Kier alpha value is -0.910. The van der Waals surface area contributed by atoms with Crippen LogP contribution in [0.5, 0.6) is 0 Å². The molecule has 1 rings (SSSR count). The minimum Gasteiger partial charge on any atom is -0.469 e. The molecule has 0 amide bonds. The molecule has 0 aromatic heterocycles. The van der Waals surface area contributed by atoms with Crippen LogP contribution in [0.3, 0.4) is 0 Å². The quantitative estimate of drug-likeness (QED) is 0.822. The van der Waals surface area contributed by atoms with Crippen molar-refractivity contribution in [1.29, 1.82) is 0 Å². The van der Waals surface area contributed by atoms with Crippen LogP contribution in [0.15, 0.2) is 28.7 Å². The summed E-state index contributed by atoms with van der Waals surface area (Å²) in [6, 6.07) is 6.97. The number of benzene rings is 1. The van der Waals surface area contributed by atoms with Gasteiger partial charge in [0.2, 0.25) is 0 Å². The maximum absolute atomic E-state index is 10.9. The van der Waals surface area contributed by atoms with Crippen LogP contribution >= 0.6 is 15.9 Å². The lowest BCUT2D eigenvalue weighted by Crippen LogP contribution is -2.22. The molecule has 5 heteroatoms. The van der Waals surface area contributed by atoms with Gasteiger partial charge < -0.3 is 14.9 Å². The van der Waals surface area contributed by atoms with Gasteiger partial charge in [-0.25, -0.2) is 0 Å². The fourth-order valence-electron chi connectivity index (χ4n) is 1.29. The van der Waals surface area contributed by atoms with E-state index in [1.165, 1.54) is 7.11 Å². The summed E-state index contributed by atoms with van der Waals surface area (Å²) in [6.45, 7) is 0. The Labute approximate surface area is 102 Å². The van der Waals surface area contributed by atoms with E-state index in [-0.39, 0.29) is 6.42 Å². The van der Waals surface area contributed by atoms with Crippen LogP contribution in [0.4, 0.5) is 0 Å². The van der Waals surface area contributed by atoms with Gasteiger partial charge in [-0.2, -0.15) is 0 Å². The fraction of sp³-hybridized carbons (Fsp3) is 0.364. The van der Waals surface area contributed by atoms with E-state index in [4.69, 9.17) is 0 Å². The van der Waals surface area contributed by atoms with Gasteiger partial charge in [-0.15, -0.1) is 0 Å². The summed E-state index contributed by atoms with van der Waals surface area (Å²) in [7, 11) is 1.24. The van der Waals surface area contributed by atoms with Crippen LogP contribution in [0, 0.1) is 0 Å². The molecule has 88 valence electrons. The molecule has 0 radical (unpaired) electrons. The number of carbonyl (C=O) groups is 1. The van der Waals surface area contributed by atoms with E-state index in [0.717, 1.165) is 0 Å². The molecular weight excluding hydrogens is 276 g/mol. The van der Waals surface area contributed by atoms with Crippen LogP contribution in [-0.4, -0.2) is 29.4 Å². The zero-order valence-electron chi connectivity index (χ0n) is 8.76. The summed E-state index contributed by atoms with van der Waals surface area (Å²) in [5.74, 6) is -0.557. The number of carbonyl (C=O) groups excluding carboxylic acids is 1. The normalized spacial score (nSPS) is 14.2. The number of aliphatic hydroxyl groups excluding tert-OH is 2. The fourth-order valence-corrected chi connectivity index (χ4v) is 1.81. The molecule has 0 fully saturated rings. The Kier molecular flexibility index (Phi) is 4.92. The van der Waals surface area contributed by atoms with E-state index in [0.29, 0.717) is 10.0 Å². The van der Waals surface area contributed by atoms with Gasteiger partial charge in [0, 0.05) is 4.47 Å². The van der Waals surface area contributed by atoms with Gasteiger partial charge in [0.1, 0.15) is 6.10 Å². The van der Waals surface area contributed by atoms with E-state index in [1.807, 2.05) is 0 Å². The highest BCUT2D eigenvalue weighted by Crippen LogP contribution is 2.26. The molecule has 2 unspecified atom stereocenters. The van der Waals surface area contributed by atoms with Gasteiger partial charge in [0.05, 0.1) is 19.6 Å². The molecule has 0 aliphatic heterocycles. The van der Waals surface area contributed by atoms with Crippen LogP contribution in [0.2, 0.25) is 0 Å². The maximum Gasteiger partial charge on any atom is 0.308 e. The zero-order chi connectivity index (χ0) is 12.1. The first-order valence-corrected chi connectivity index (χ1v) is 5.53. The van der Waals surface area contributed by atoms with Crippen molar-refractivity contribution in [3.63, 3.8) is 0 Å². The zero-order valence-corrected chi connectivity index (χ0v) is 10.3. The Morgan fingerprint density at radius 2 is 2.06 bits per heavy atom. The molecule has 0 heterocycles. The molecule has 1 aromatic carbocycles. The number of halogens is 1. The molecular formula is C11H13BrO4. The van der Waals surface area contributed by atoms with Crippen molar-refractivity contribution in [1.82, 2.24) is 0 Å². The maximum atomic E-state index is 10.9. The van der Waals surface area contributed by atoms with Gasteiger partial charge in [-0.05, 0) is 11.6 Å². The molecule has 2 atom stereocenters. The third-order valence-electron chi connectivity index (χ3n) is 2.19. The number of esters is 1. The summed E-state index contributed by atoms with van der Waals surface area (Å²) in [6.07, 6.45) is -2.53. The molecule has 2 N–H and O–H groups in total. The van der Waals surface area contributed by atoms with Gasteiger partial charge in [-0.1, -0.05) is 34.1 Å². The Bertz CT molecular complexity index is 367. The smallest absolute Gasteiger partial charge is 0.308 e. The van der Waals surface area contributed by atoms with Crippen molar-refractivity contribution >= 4 is 21.9 Å². The predicted molar refractivity (Wildman–Crippen MR) is 61.7 cm³/mol. The lowest BCUT2D eigenvalue weighted by atomic mass is 10.0. The Morgan fingerprint density at radius 3 is 2.62 bits per heavy atom. The van der Waals surface area contributed by atoms with Crippen molar-refractivity contribution < 1.29 is 19.7 Å². The summed E-state index contributed by atoms with van der Waals surface area (Å²) < 4.78 is 5.10. The standard InChI is InChI=1S/C11H13BrO4/c1-16-10(14)6-9(13)11(15)7-4-2-3-5-8(7)12/h2-5,9,11,13,15H,6H2,1H3. The summed E-state index contributed by atoms with van der Waals surface area (Å²) in [4.78, 5) is 10.9.